The molecule has 1 aromatic rings. The van der Waals surface area contributed by atoms with Crippen LogP contribution in [0.25, 0.3) is 0 Å². The van der Waals surface area contributed by atoms with Crippen molar-refractivity contribution in [2.75, 3.05) is 6.61 Å². The second-order valence-corrected chi connectivity index (χ2v) is 7.21. The number of hydrogen-bond acceptors (Lipinski definition) is 2. The van der Waals surface area contributed by atoms with Crippen LogP contribution in [0.4, 0.5) is 0 Å². The van der Waals surface area contributed by atoms with Crippen molar-refractivity contribution in [3.8, 4) is 5.75 Å². The Morgan fingerprint density at radius 1 is 1.32 bits per heavy atom. The molecule has 2 rings (SSSR count). The predicted octanol–water partition coefficient (Wildman–Crippen LogP) is 4.50. The van der Waals surface area contributed by atoms with E-state index in [2.05, 4.69) is 45.9 Å². The predicted molar refractivity (Wildman–Crippen MR) is 88.4 cm³/mol. The molecule has 0 radical (unpaired) electrons. The topological polar surface area (TPSA) is 46.5 Å². The zero-order chi connectivity index (χ0) is 16.3. The highest BCUT2D eigenvalue weighted by Gasteiger charge is 2.42. The summed E-state index contributed by atoms with van der Waals surface area (Å²) in [4.78, 5) is 10.9. The van der Waals surface area contributed by atoms with Gasteiger partial charge in [-0.1, -0.05) is 39.8 Å². The highest BCUT2D eigenvalue weighted by molar-refractivity contribution is 5.73. The number of hydrogen-bond donors (Lipinski definition) is 1. The molecule has 0 amide bonds. The third kappa shape index (κ3) is 4.49. The largest absolute Gasteiger partial charge is 0.493 e. The van der Waals surface area contributed by atoms with Crippen LogP contribution in [-0.2, 0) is 11.2 Å². The molecule has 0 heterocycles. The minimum absolute atomic E-state index is 0.0989. The molecule has 1 fully saturated rings. The van der Waals surface area contributed by atoms with Gasteiger partial charge in [0.25, 0.3) is 0 Å². The van der Waals surface area contributed by atoms with E-state index in [0.29, 0.717) is 17.8 Å². The molecule has 1 aliphatic carbocycles. The van der Waals surface area contributed by atoms with Gasteiger partial charge in [-0.15, -0.1) is 0 Å². The first-order valence-electron chi connectivity index (χ1n) is 8.37. The number of carboxylic acids is 1. The van der Waals surface area contributed by atoms with Gasteiger partial charge in [0, 0.05) is 0 Å². The Balaban J connectivity index is 1.98. The van der Waals surface area contributed by atoms with Gasteiger partial charge in [-0.05, 0) is 54.2 Å². The van der Waals surface area contributed by atoms with Gasteiger partial charge < -0.3 is 9.84 Å². The maximum atomic E-state index is 10.9. The van der Waals surface area contributed by atoms with E-state index >= 15 is 0 Å². The molecule has 0 saturated heterocycles. The van der Waals surface area contributed by atoms with Gasteiger partial charge in [0.05, 0.1) is 12.5 Å². The summed E-state index contributed by atoms with van der Waals surface area (Å²) in [5, 5.41) is 8.96. The van der Waals surface area contributed by atoms with Gasteiger partial charge in [0.15, 0.2) is 0 Å². The minimum Gasteiger partial charge on any atom is -0.493 e. The molecule has 1 saturated carbocycles. The highest BCUT2D eigenvalue weighted by atomic mass is 16.5. The average Bonchev–Trinajstić information content (AvgIpc) is 3.22. The summed E-state index contributed by atoms with van der Waals surface area (Å²) in [5.41, 5.74) is 2.54. The second kappa shape index (κ2) is 7.17. The maximum absolute atomic E-state index is 10.9. The molecule has 1 aliphatic rings. The fraction of sp³-hybridized carbons (Fsp3) is 0.632. The Morgan fingerprint density at radius 3 is 2.59 bits per heavy atom. The van der Waals surface area contributed by atoms with E-state index in [0.717, 1.165) is 31.6 Å². The van der Waals surface area contributed by atoms with Gasteiger partial charge in [-0.25, -0.2) is 0 Å². The summed E-state index contributed by atoms with van der Waals surface area (Å²) in [7, 11) is 0. The Morgan fingerprint density at radius 2 is 2.05 bits per heavy atom. The zero-order valence-corrected chi connectivity index (χ0v) is 14.1. The summed E-state index contributed by atoms with van der Waals surface area (Å²) in [6, 6.07) is 6.44. The molecule has 1 N–H and O–H groups in total. The standard InChI is InChI=1S/C19H28O3/c1-12(2)11-22-18-8-6-14(9-16(18)13(3)4)5-7-15-10-17(15)19(20)21/h6,8-9,12-13,15,17H,5,7,10-11H2,1-4H3,(H,20,21). The van der Waals surface area contributed by atoms with Crippen molar-refractivity contribution in [2.45, 2.75) is 52.9 Å². The quantitative estimate of drug-likeness (QED) is 0.769. The summed E-state index contributed by atoms with van der Waals surface area (Å²) in [6.45, 7) is 9.41. The van der Waals surface area contributed by atoms with Crippen LogP contribution in [0.15, 0.2) is 18.2 Å². The van der Waals surface area contributed by atoms with Gasteiger partial charge in [-0.3, -0.25) is 4.79 Å². The maximum Gasteiger partial charge on any atom is 0.306 e. The van der Waals surface area contributed by atoms with E-state index in [-0.39, 0.29) is 5.92 Å². The average molecular weight is 304 g/mol. The van der Waals surface area contributed by atoms with Gasteiger partial charge in [-0.2, -0.15) is 0 Å². The van der Waals surface area contributed by atoms with Crippen LogP contribution in [0.2, 0.25) is 0 Å². The molecular weight excluding hydrogens is 276 g/mol. The zero-order valence-electron chi connectivity index (χ0n) is 14.1. The van der Waals surface area contributed by atoms with Crippen molar-refractivity contribution in [3.63, 3.8) is 0 Å². The third-order valence-electron chi connectivity index (χ3n) is 4.31. The van der Waals surface area contributed by atoms with E-state index in [9.17, 15) is 4.79 Å². The third-order valence-corrected chi connectivity index (χ3v) is 4.31. The smallest absolute Gasteiger partial charge is 0.306 e. The van der Waals surface area contributed by atoms with Crippen molar-refractivity contribution < 1.29 is 14.6 Å². The van der Waals surface area contributed by atoms with Crippen LogP contribution in [0.1, 0.15) is 57.6 Å². The van der Waals surface area contributed by atoms with E-state index in [1.54, 1.807) is 0 Å². The van der Waals surface area contributed by atoms with Crippen LogP contribution < -0.4 is 4.74 Å². The number of aliphatic carboxylic acids is 1. The highest BCUT2D eigenvalue weighted by Crippen LogP contribution is 2.42. The van der Waals surface area contributed by atoms with Crippen LogP contribution in [0, 0.1) is 17.8 Å². The SMILES string of the molecule is CC(C)COc1ccc(CCC2CC2C(=O)O)cc1C(C)C. The Hall–Kier alpha value is -1.51. The molecule has 122 valence electrons. The Kier molecular flexibility index (Phi) is 5.49. The molecular formula is C19H28O3. The van der Waals surface area contributed by atoms with Crippen molar-refractivity contribution >= 4 is 5.97 Å². The summed E-state index contributed by atoms with van der Waals surface area (Å²) >= 11 is 0. The van der Waals surface area contributed by atoms with Gasteiger partial charge >= 0.3 is 5.97 Å². The fourth-order valence-corrected chi connectivity index (χ4v) is 2.81. The van der Waals surface area contributed by atoms with Crippen molar-refractivity contribution in [3.05, 3.63) is 29.3 Å². The van der Waals surface area contributed by atoms with E-state index in [4.69, 9.17) is 9.84 Å². The van der Waals surface area contributed by atoms with Crippen LogP contribution >= 0.6 is 0 Å². The monoisotopic (exact) mass is 304 g/mol. The molecule has 0 aliphatic heterocycles. The number of benzene rings is 1. The van der Waals surface area contributed by atoms with E-state index in [1.807, 2.05) is 0 Å². The lowest BCUT2D eigenvalue weighted by molar-refractivity contribution is -0.138. The molecule has 3 nitrogen and oxygen atoms in total. The summed E-state index contributed by atoms with van der Waals surface area (Å²) in [6.07, 6.45) is 2.78. The molecule has 3 heteroatoms. The summed E-state index contributed by atoms with van der Waals surface area (Å²) < 4.78 is 5.92. The summed E-state index contributed by atoms with van der Waals surface area (Å²) in [5.74, 6) is 1.57. The van der Waals surface area contributed by atoms with Crippen LogP contribution in [0.5, 0.6) is 5.75 Å². The number of rotatable bonds is 8. The second-order valence-electron chi connectivity index (χ2n) is 7.21. The molecule has 2 atom stereocenters. The molecule has 2 unspecified atom stereocenters. The van der Waals surface area contributed by atoms with Crippen molar-refractivity contribution in [1.29, 1.82) is 0 Å². The number of carboxylic acid groups (broad SMARTS) is 1. The Bertz CT molecular complexity index is 519. The lowest BCUT2D eigenvalue weighted by Gasteiger charge is -2.17. The lowest BCUT2D eigenvalue weighted by atomic mass is 9.97. The van der Waals surface area contributed by atoms with Crippen LogP contribution in [0.3, 0.4) is 0 Å². The van der Waals surface area contributed by atoms with E-state index < -0.39 is 5.97 Å². The molecule has 1 aromatic carbocycles. The van der Waals surface area contributed by atoms with Crippen molar-refractivity contribution in [2.24, 2.45) is 17.8 Å². The van der Waals surface area contributed by atoms with Gasteiger partial charge in [0.1, 0.15) is 5.75 Å². The molecule has 22 heavy (non-hydrogen) atoms. The normalized spacial score (nSPS) is 20.5. The number of aryl methyl sites for hydroxylation is 1. The first-order chi connectivity index (χ1) is 10.4. The minimum atomic E-state index is -0.634. The first-order valence-corrected chi connectivity index (χ1v) is 8.37. The number of carbonyl (C=O) groups is 1. The first kappa shape index (κ1) is 16.9. The lowest BCUT2D eigenvalue weighted by Crippen LogP contribution is -2.07. The molecule has 0 spiro atoms. The molecule has 0 bridgehead atoms. The fourth-order valence-electron chi connectivity index (χ4n) is 2.81. The number of ether oxygens (including phenoxy) is 1. The Labute approximate surface area is 133 Å². The molecule has 0 aromatic heterocycles. The van der Waals surface area contributed by atoms with Gasteiger partial charge in [0.2, 0.25) is 0 Å². The van der Waals surface area contributed by atoms with Crippen LogP contribution in [-0.4, -0.2) is 17.7 Å². The van der Waals surface area contributed by atoms with Crippen molar-refractivity contribution in [1.82, 2.24) is 0 Å². The van der Waals surface area contributed by atoms with E-state index in [1.165, 1.54) is 11.1 Å².